The van der Waals surface area contributed by atoms with Crippen molar-refractivity contribution in [2.45, 2.75) is 18.7 Å². The summed E-state index contributed by atoms with van der Waals surface area (Å²) in [5, 5.41) is 0. The van der Waals surface area contributed by atoms with Crippen LogP contribution in [0.15, 0.2) is 6.20 Å². The number of hydrogen-bond donors (Lipinski definition) is 0. The van der Waals surface area contributed by atoms with E-state index < -0.39 is 41.2 Å². The molecule has 0 radical (unpaired) electrons. The summed E-state index contributed by atoms with van der Waals surface area (Å²) >= 11 is 5.29. The fourth-order valence-electron chi connectivity index (χ4n) is 1.21. The molecule has 0 spiro atoms. The SMILES string of the molecule is O=Cc1cnc(CCl)c(C(F)F)c1OC(F)(F)F. The Bertz CT molecular complexity index is 449. The Morgan fingerprint density at radius 2 is 2.06 bits per heavy atom. The molecule has 0 saturated heterocycles. The maximum absolute atomic E-state index is 12.7. The van der Waals surface area contributed by atoms with Gasteiger partial charge in [0.15, 0.2) is 12.0 Å². The van der Waals surface area contributed by atoms with Crippen LogP contribution in [0.25, 0.3) is 0 Å². The van der Waals surface area contributed by atoms with Crippen LogP contribution < -0.4 is 4.74 Å². The zero-order valence-corrected chi connectivity index (χ0v) is 9.23. The van der Waals surface area contributed by atoms with Crippen LogP contribution in [-0.2, 0) is 5.88 Å². The van der Waals surface area contributed by atoms with Crippen molar-refractivity contribution in [3.8, 4) is 5.75 Å². The van der Waals surface area contributed by atoms with Crippen molar-refractivity contribution in [1.82, 2.24) is 4.98 Å². The number of rotatable bonds is 4. The normalized spacial score (nSPS) is 11.7. The molecule has 3 nitrogen and oxygen atoms in total. The molecule has 9 heteroatoms. The molecule has 0 N–H and O–H groups in total. The molecule has 0 aliphatic rings. The van der Waals surface area contributed by atoms with Crippen molar-refractivity contribution in [1.29, 1.82) is 0 Å². The summed E-state index contributed by atoms with van der Waals surface area (Å²) in [4.78, 5) is 13.9. The minimum atomic E-state index is -5.20. The highest BCUT2D eigenvalue weighted by atomic mass is 35.5. The molecule has 0 unspecified atom stereocenters. The molecule has 0 amide bonds. The number of aldehydes is 1. The van der Waals surface area contributed by atoms with Gasteiger partial charge in [-0.1, -0.05) is 0 Å². The molecule has 1 aromatic rings. The summed E-state index contributed by atoms with van der Waals surface area (Å²) < 4.78 is 65.2. The molecule has 0 aliphatic heterocycles. The highest BCUT2D eigenvalue weighted by Gasteiger charge is 2.35. The first-order valence-electron chi connectivity index (χ1n) is 4.37. The van der Waals surface area contributed by atoms with E-state index in [2.05, 4.69) is 9.72 Å². The predicted octanol–water partition coefficient (Wildman–Crippen LogP) is 3.47. The van der Waals surface area contributed by atoms with Gasteiger partial charge < -0.3 is 4.74 Å². The second kappa shape index (κ2) is 5.47. The second-order valence-electron chi connectivity index (χ2n) is 3.00. The highest BCUT2D eigenvalue weighted by molar-refractivity contribution is 6.17. The van der Waals surface area contributed by atoms with Gasteiger partial charge in [-0.15, -0.1) is 24.8 Å². The van der Waals surface area contributed by atoms with Crippen molar-refractivity contribution in [3.05, 3.63) is 23.0 Å². The standard InChI is InChI=1S/C9H5ClF5NO2/c10-1-5-6(8(11)12)7(18-9(13,14)15)4(3-17)2-16-5/h2-3,8H,1H2. The number of ether oxygens (including phenoxy) is 1. The zero-order valence-electron chi connectivity index (χ0n) is 8.47. The minimum absolute atomic E-state index is 0.0576. The van der Waals surface area contributed by atoms with E-state index in [0.717, 1.165) is 0 Å². The van der Waals surface area contributed by atoms with Gasteiger partial charge in [-0.25, -0.2) is 8.78 Å². The lowest BCUT2D eigenvalue weighted by atomic mass is 10.1. The van der Waals surface area contributed by atoms with Crippen molar-refractivity contribution in [2.24, 2.45) is 0 Å². The molecule has 0 aliphatic carbocycles. The second-order valence-corrected chi connectivity index (χ2v) is 3.27. The minimum Gasteiger partial charge on any atom is -0.404 e. The third-order valence-corrected chi connectivity index (χ3v) is 2.12. The van der Waals surface area contributed by atoms with Gasteiger partial charge in [0.1, 0.15) is 0 Å². The van der Waals surface area contributed by atoms with Crippen LogP contribution in [0.1, 0.15) is 28.0 Å². The van der Waals surface area contributed by atoms with Gasteiger partial charge in [-0.3, -0.25) is 9.78 Å². The van der Waals surface area contributed by atoms with Gasteiger partial charge in [-0.05, 0) is 0 Å². The van der Waals surface area contributed by atoms with Crippen molar-refractivity contribution in [2.75, 3.05) is 0 Å². The highest BCUT2D eigenvalue weighted by Crippen LogP contribution is 2.37. The van der Waals surface area contributed by atoms with E-state index in [9.17, 15) is 26.7 Å². The van der Waals surface area contributed by atoms with Crippen molar-refractivity contribution < 1.29 is 31.5 Å². The summed E-state index contributed by atoms with van der Waals surface area (Å²) in [6.07, 6.45) is -7.87. The van der Waals surface area contributed by atoms with Gasteiger partial charge in [0.05, 0.1) is 22.7 Å². The lowest BCUT2D eigenvalue weighted by Crippen LogP contribution is -2.20. The van der Waals surface area contributed by atoms with Crippen LogP contribution in [0.2, 0.25) is 0 Å². The first-order valence-corrected chi connectivity index (χ1v) is 4.90. The van der Waals surface area contributed by atoms with E-state index in [0.29, 0.717) is 6.20 Å². The number of nitrogens with zero attached hydrogens (tertiary/aromatic N) is 1. The number of pyridine rings is 1. The molecule has 18 heavy (non-hydrogen) atoms. The quantitative estimate of drug-likeness (QED) is 0.484. The van der Waals surface area contributed by atoms with Crippen LogP contribution in [0.4, 0.5) is 22.0 Å². The molecule has 0 aromatic carbocycles. The van der Waals surface area contributed by atoms with Crippen LogP contribution in [-0.4, -0.2) is 17.6 Å². The molecule has 1 rings (SSSR count). The number of aromatic nitrogens is 1. The van der Waals surface area contributed by atoms with Crippen LogP contribution >= 0.6 is 11.6 Å². The van der Waals surface area contributed by atoms with Crippen LogP contribution in [0, 0.1) is 0 Å². The number of hydrogen-bond acceptors (Lipinski definition) is 3. The Morgan fingerprint density at radius 1 is 1.44 bits per heavy atom. The average Bonchev–Trinajstić information content (AvgIpc) is 2.25. The fourth-order valence-corrected chi connectivity index (χ4v) is 1.42. The first kappa shape index (κ1) is 14.6. The van der Waals surface area contributed by atoms with Gasteiger partial charge in [0.2, 0.25) is 0 Å². The Labute approximate surface area is 103 Å². The number of carbonyl (C=O) groups excluding carboxylic acids is 1. The topological polar surface area (TPSA) is 39.2 Å². The zero-order chi connectivity index (χ0) is 13.9. The van der Waals surface area contributed by atoms with Crippen LogP contribution in [0.5, 0.6) is 5.75 Å². The molecule has 1 aromatic heterocycles. The average molecular weight is 290 g/mol. The van der Waals surface area contributed by atoms with Crippen molar-refractivity contribution in [3.63, 3.8) is 0 Å². The van der Waals surface area contributed by atoms with Gasteiger partial charge in [-0.2, -0.15) is 0 Å². The Morgan fingerprint density at radius 3 is 2.44 bits per heavy atom. The molecule has 0 atom stereocenters. The molecule has 0 bridgehead atoms. The summed E-state index contributed by atoms with van der Waals surface area (Å²) in [5.74, 6) is -1.80. The van der Waals surface area contributed by atoms with E-state index in [1.165, 1.54) is 0 Å². The molecule has 1 heterocycles. The van der Waals surface area contributed by atoms with E-state index in [-0.39, 0.29) is 6.29 Å². The summed E-state index contributed by atoms with van der Waals surface area (Å²) in [5.41, 5.74) is -2.33. The maximum Gasteiger partial charge on any atom is 0.573 e. The van der Waals surface area contributed by atoms with Gasteiger partial charge in [0, 0.05) is 6.20 Å². The smallest absolute Gasteiger partial charge is 0.404 e. The van der Waals surface area contributed by atoms with Gasteiger partial charge >= 0.3 is 6.36 Å². The number of halogens is 6. The third-order valence-electron chi connectivity index (χ3n) is 1.87. The van der Waals surface area contributed by atoms with Crippen molar-refractivity contribution >= 4 is 17.9 Å². The lowest BCUT2D eigenvalue weighted by molar-refractivity contribution is -0.275. The largest absolute Gasteiger partial charge is 0.573 e. The molecule has 0 fully saturated rings. The maximum atomic E-state index is 12.7. The number of carbonyl (C=O) groups is 1. The first-order chi connectivity index (χ1) is 8.30. The molecule has 100 valence electrons. The summed E-state index contributed by atoms with van der Waals surface area (Å²) in [6, 6.07) is 0. The fraction of sp³-hybridized carbons (Fsp3) is 0.333. The monoisotopic (exact) mass is 289 g/mol. The Kier molecular flexibility index (Phi) is 4.44. The van der Waals surface area contributed by atoms with Crippen LogP contribution in [0.3, 0.4) is 0 Å². The lowest BCUT2D eigenvalue weighted by Gasteiger charge is -2.16. The van der Waals surface area contributed by atoms with E-state index in [1.54, 1.807) is 0 Å². The third kappa shape index (κ3) is 3.28. The van der Waals surface area contributed by atoms with E-state index in [1.807, 2.05) is 0 Å². The Balaban J connectivity index is 3.45. The number of alkyl halides is 6. The molecular weight excluding hydrogens is 285 g/mol. The van der Waals surface area contributed by atoms with E-state index >= 15 is 0 Å². The summed E-state index contributed by atoms with van der Waals surface area (Å²) in [6.45, 7) is 0. The molecule has 0 saturated carbocycles. The van der Waals surface area contributed by atoms with Gasteiger partial charge in [0.25, 0.3) is 6.43 Å². The predicted molar refractivity (Wildman–Crippen MR) is 50.8 cm³/mol. The van der Waals surface area contributed by atoms with E-state index in [4.69, 9.17) is 11.6 Å². The Hall–Kier alpha value is -1.44. The molecular formula is C9H5ClF5NO2. The summed E-state index contributed by atoms with van der Waals surface area (Å²) in [7, 11) is 0.